The molecule has 0 unspecified atom stereocenters. The van der Waals surface area contributed by atoms with Gasteiger partial charge in [-0.15, -0.1) is 10.2 Å². The molecule has 1 fully saturated rings. The summed E-state index contributed by atoms with van der Waals surface area (Å²) in [6.45, 7) is 1.91. The second-order valence-corrected chi connectivity index (χ2v) is 7.06. The number of anilines is 2. The monoisotopic (exact) mass is 347 g/mol. The van der Waals surface area contributed by atoms with Crippen molar-refractivity contribution >= 4 is 27.4 Å². The summed E-state index contributed by atoms with van der Waals surface area (Å²) in [6.07, 6.45) is 2.27. The van der Waals surface area contributed by atoms with Crippen LogP contribution in [0, 0.1) is 0 Å². The predicted molar refractivity (Wildman–Crippen MR) is 89.2 cm³/mol. The molecule has 0 radical (unpaired) electrons. The maximum Gasteiger partial charge on any atom is 0.276 e. The highest BCUT2D eigenvalue weighted by Crippen LogP contribution is 2.17. The highest BCUT2D eigenvalue weighted by molar-refractivity contribution is 7.89. The number of hydrogen-bond acceptors (Lipinski definition) is 6. The smallest absolute Gasteiger partial charge is 0.276 e. The average molecular weight is 347 g/mol. The first-order valence-electron chi connectivity index (χ1n) is 7.46. The third kappa shape index (κ3) is 3.69. The van der Waals surface area contributed by atoms with Crippen LogP contribution in [0.4, 0.5) is 11.5 Å². The molecule has 0 spiro atoms. The van der Waals surface area contributed by atoms with Gasteiger partial charge in [0.1, 0.15) is 0 Å². The zero-order valence-corrected chi connectivity index (χ0v) is 13.7. The van der Waals surface area contributed by atoms with Gasteiger partial charge in [-0.25, -0.2) is 13.6 Å². The van der Waals surface area contributed by atoms with Crippen molar-refractivity contribution in [2.24, 2.45) is 5.14 Å². The maximum atomic E-state index is 12.2. The first kappa shape index (κ1) is 16.3. The maximum absolute atomic E-state index is 12.2. The Hall–Kier alpha value is -2.52. The third-order valence-electron chi connectivity index (χ3n) is 3.75. The van der Waals surface area contributed by atoms with Crippen LogP contribution in [0.3, 0.4) is 0 Å². The van der Waals surface area contributed by atoms with Crippen molar-refractivity contribution in [1.29, 1.82) is 0 Å². The van der Waals surface area contributed by atoms with Gasteiger partial charge in [0.15, 0.2) is 11.5 Å². The van der Waals surface area contributed by atoms with Crippen molar-refractivity contribution < 1.29 is 13.2 Å². The lowest BCUT2D eigenvalue weighted by atomic mass is 10.3. The normalized spacial score (nSPS) is 14.6. The molecule has 0 bridgehead atoms. The van der Waals surface area contributed by atoms with Crippen LogP contribution in [0.5, 0.6) is 0 Å². The van der Waals surface area contributed by atoms with Crippen LogP contribution in [0.15, 0.2) is 41.3 Å². The molecule has 3 rings (SSSR count). The second-order valence-electron chi connectivity index (χ2n) is 5.49. The fourth-order valence-corrected chi connectivity index (χ4v) is 3.00. The van der Waals surface area contributed by atoms with Gasteiger partial charge in [-0.3, -0.25) is 4.79 Å². The number of primary sulfonamides is 1. The molecule has 0 atom stereocenters. The molecular formula is C15H17N5O3S. The number of benzene rings is 1. The molecule has 8 nitrogen and oxygen atoms in total. The number of amides is 1. The first-order valence-corrected chi connectivity index (χ1v) is 9.01. The Morgan fingerprint density at radius 2 is 1.71 bits per heavy atom. The fourth-order valence-electron chi connectivity index (χ4n) is 2.48. The molecule has 1 saturated heterocycles. The van der Waals surface area contributed by atoms with Crippen molar-refractivity contribution in [3.8, 4) is 0 Å². The molecule has 1 aliphatic rings. The topological polar surface area (TPSA) is 118 Å². The van der Waals surface area contributed by atoms with E-state index < -0.39 is 15.9 Å². The van der Waals surface area contributed by atoms with Gasteiger partial charge < -0.3 is 10.2 Å². The van der Waals surface area contributed by atoms with Crippen molar-refractivity contribution in [1.82, 2.24) is 10.2 Å². The molecule has 1 aromatic heterocycles. The van der Waals surface area contributed by atoms with E-state index in [4.69, 9.17) is 5.14 Å². The van der Waals surface area contributed by atoms with Gasteiger partial charge in [-0.05, 0) is 49.2 Å². The molecule has 24 heavy (non-hydrogen) atoms. The lowest BCUT2D eigenvalue weighted by Gasteiger charge is -2.15. The molecule has 0 aliphatic carbocycles. The molecule has 9 heteroatoms. The van der Waals surface area contributed by atoms with Gasteiger partial charge in [0.25, 0.3) is 5.91 Å². The van der Waals surface area contributed by atoms with E-state index in [1.165, 1.54) is 24.3 Å². The molecule has 2 heterocycles. The summed E-state index contributed by atoms with van der Waals surface area (Å²) in [5.74, 6) is 0.348. The summed E-state index contributed by atoms with van der Waals surface area (Å²) in [6, 6.07) is 8.97. The Kier molecular flexibility index (Phi) is 4.45. The van der Waals surface area contributed by atoms with Gasteiger partial charge in [0.05, 0.1) is 4.90 Å². The average Bonchev–Trinajstić information content (AvgIpc) is 3.09. The zero-order valence-electron chi connectivity index (χ0n) is 12.8. The van der Waals surface area contributed by atoms with Gasteiger partial charge in [-0.1, -0.05) is 0 Å². The Balaban J connectivity index is 1.68. The summed E-state index contributed by atoms with van der Waals surface area (Å²) in [5.41, 5.74) is 0.631. The van der Waals surface area contributed by atoms with E-state index in [0.29, 0.717) is 5.69 Å². The SMILES string of the molecule is NS(=O)(=O)c1ccc(NC(=O)c2ccc(N3CCCC3)nn2)cc1. The van der Waals surface area contributed by atoms with Gasteiger partial charge in [0, 0.05) is 18.8 Å². The van der Waals surface area contributed by atoms with Crippen LogP contribution in [0.2, 0.25) is 0 Å². The van der Waals surface area contributed by atoms with Crippen LogP contribution in [-0.2, 0) is 10.0 Å². The lowest BCUT2D eigenvalue weighted by Crippen LogP contribution is -2.21. The minimum atomic E-state index is -3.75. The zero-order chi connectivity index (χ0) is 17.2. The molecule has 1 aromatic carbocycles. The number of hydrogen-bond donors (Lipinski definition) is 2. The number of rotatable bonds is 4. The summed E-state index contributed by atoms with van der Waals surface area (Å²) in [4.78, 5) is 14.3. The number of carbonyl (C=O) groups excluding carboxylic acids is 1. The number of nitrogens with two attached hydrogens (primary N) is 1. The highest BCUT2D eigenvalue weighted by atomic mass is 32.2. The summed E-state index contributed by atoms with van der Waals surface area (Å²) in [7, 11) is -3.75. The molecule has 1 aliphatic heterocycles. The van der Waals surface area contributed by atoms with Crippen LogP contribution >= 0.6 is 0 Å². The summed E-state index contributed by atoms with van der Waals surface area (Å²) in [5, 5.41) is 15.7. The number of nitrogens with zero attached hydrogens (tertiary/aromatic N) is 3. The predicted octanol–water partition coefficient (Wildman–Crippen LogP) is 0.976. The van der Waals surface area contributed by atoms with E-state index in [1.807, 2.05) is 0 Å². The number of aromatic nitrogens is 2. The van der Waals surface area contributed by atoms with E-state index in [0.717, 1.165) is 31.7 Å². The Morgan fingerprint density at radius 3 is 2.25 bits per heavy atom. The summed E-state index contributed by atoms with van der Waals surface area (Å²) >= 11 is 0. The lowest BCUT2D eigenvalue weighted by molar-refractivity contribution is 0.102. The Morgan fingerprint density at radius 1 is 1.04 bits per heavy atom. The van der Waals surface area contributed by atoms with Gasteiger partial charge in [0.2, 0.25) is 10.0 Å². The van der Waals surface area contributed by atoms with Crippen molar-refractivity contribution in [3.05, 3.63) is 42.1 Å². The van der Waals surface area contributed by atoms with Gasteiger partial charge in [-0.2, -0.15) is 0 Å². The van der Waals surface area contributed by atoms with Crippen LogP contribution in [-0.4, -0.2) is 37.6 Å². The minimum absolute atomic E-state index is 0.0183. The van der Waals surface area contributed by atoms with E-state index in [9.17, 15) is 13.2 Å². The first-order chi connectivity index (χ1) is 11.4. The molecule has 126 valence electrons. The standard InChI is InChI=1S/C15H17N5O3S/c16-24(22,23)12-5-3-11(4-6-12)17-15(21)13-7-8-14(19-18-13)20-9-1-2-10-20/h3-8H,1-2,9-10H2,(H,17,21)(H2,16,22,23). The second kappa shape index (κ2) is 6.54. The highest BCUT2D eigenvalue weighted by Gasteiger charge is 2.15. The molecule has 1 amide bonds. The summed E-state index contributed by atoms with van der Waals surface area (Å²) < 4.78 is 22.4. The number of carbonyl (C=O) groups is 1. The van der Waals surface area contributed by atoms with Crippen LogP contribution < -0.4 is 15.4 Å². The molecular weight excluding hydrogens is 330 g/mol. The fraction of sp³-hybridized carbons (Fsp3) is 0.267. The third-order valence-corrected chi connectivity index (χ3v) is 4.68. The number of nitrogens with one attached hydrogen (secondary N) is 1. The van der Waals surface area contributed by atoms with Gasteiger partial charge >= 0.3 is 0 Å². The molecule has 3 N–H and O–H groups in total. The molecule has 2 aromatic rings. The van der Waals surface area contributed by atoms with Crippen LogP contribution in [0.1, 0.15) is 23.3 Å². The number of sulfonamides is 1. The quantitative estimate of drug-likeness (QED) is 0.851. The van der Waals surface area contributed by atoms with E-state index in [1.54, 1.807) is 12.1 Å². The van der Waals surface area contributed by atoms with E-state index in [2.05, 4.69) is 20.4 Å². The van der Waals surface area contributed by atoms with Crippen molar-refractivity contribution in [2.75, 3.05) is 23.3 Å². The molecule has 0 saturated carbocycles. The Labute approximate surface area is 139 Å². The minimum Gasteiger partial charge on any atom is -0.355 e. The Bertz CT molecular complexity index is 828. The van der Waals surface area contributed by atoms with Crippen LogP contribution in [0.25, 0.3) is 0 Å². The van der Waals surface area contributed by atoms with E-state index >= 15 is 0 Å². The van der Waals surface area contributed by atoms with Crippen molar-refractivity contribution in [3.63, 3.8) is 0 Å². The van der Waals surface area contributed by atoms with E-state index in [-0.39, 0.29) is 10.6 Å². The largest absolute Gasteiger partial charge is 0.355 e. The van der Waals surface area contributed by atoms with Crippen molar-refractivity contribution in [2.45, 2.75) is 17.7 Å².